The molecule has 5 nitrogen and oxygen atoms in total. The SMILES string of the molecule is C/C=C/CC1(C)CN(C)C(=O)N(CC(=O)c2ccccc2)C1=O. The van der Waals surface area contributed by atoms with Crippen LogP contribution in [0.4, 0.5) is 4.79 Å². The van der Waals surface area contributed by atoms with Crippen molar-refractivity contribution >= 4 is 17.7 Å². The average Bonchev–Trinajstić information content (AvgIpc) is 2.56. The summed E-state index contributed by atoms with van der Waals surface area (Å²) in [6.07, 6.45) is 4.34. The summed E-state index contributed by atoms with van der Waals surface area (Å²) in [6, 6.07) is 8.28. The van der Waals surface area contributed by atoms with Gasteiger partial charge in [0.05, 0.1) is 12.0 Å². The summed E-state index contributed by atoms with van der Waals surface area (Å²) in [4.78, 5) is 40.0. The van der Waals surface area contributed by atoms with Crippen molar-refractivity contribution in [3.05, 3.63) is 48.0 Å². The van der Waals surface area contributed by atoms with E-state index in [1.54, 1.807) is 31.3 Å². The molecular formula is C18H22N2O3. The standard InChI is InChI=1S/C18H22N2O3/c1-4-5-11-18(2)13-19(3)17(23)20(16(18)22)12-15(21)14-9-7-6-8-10-14/h4-10H,11-13H2,1-3H3/b5-4+. The van der Waals surface area contributed by atoms with E-state index in [4.69, 9.17) is 0 Å². The number of benzene rings is 1. The number of nitrogens with zero attached hydrogens (tertiary/aromatic N) is 2. The van der Waals surface area contributed by atoms with Gasteiger partial charge in [0, 0.05) is 19.2 Å². The van der Waals surface area contributed by atoms with Crippen LogP contribution in [0.5, 0.6) is 0 Å². The highest BCUT2D eigenvalue weighted by molar-refractivity contribution is 6.06. The first-order valence-corrected chi connectivity index (χ1v) is 7.65. The van der Waals surface area contributed by atoms with Crippen molar-refractivity contribution in [2.45, 2.75) is 20.3 Å². The second kappa shape index (κ2) is 6.77. The monoisotopic (exact) mass is 314 g/mol. The first-order chi connectivity index (χ1) is 10.9. The second-order valence-electron chi connectivity index (χ2n) is 6.15. The van der Waals surface area contributed by atoms with Gasteiger partial charge in [-0.2, -0.15) is 0 Å². The zero-order chi connectivity index (χ0) is 17.0. The van der Waals surface area contributed by atoms with Gasteiger partial charge in [-0.1, -0.05) is 42.5 Å². The van der Waals surface area contributed by atoms with E-state index >= 15 is 0 Å². The van der Waals surface area contributed by atoms with Crippen LogP contribution >= 0.6 is 0 Å². The quantitative estimate of drug-likeness (QED) is 0.620. The lowest BCUT2D eigenvalue weighted by Gasteiger charge is -2.42. The maximum Gasteiger partial charge on any atom is 0.326 e. The van der Waals surface area contributed by atoms with E-state index in [1.807, 2.05) is 32.1 Å². The Bertz CT molecular complexity index is 639. The Morgan fingerprint density at radius 2 is 1.91 bits per heavy atom. The molecule has 5 heteroatoms. The highest BCUT2D eigenvalue weighted by Gasteiger charge is 2.46. The number of hydrogen-bond donors (Lipinski definition) is 0. The Hall–Kier alpha value is -2.43. The van der Waals surface area contributed by atoms with Crippen LogP contribution < -0.4 is 0 Å². The van der Waals surface area contributed by atoms with E-state index in [-0.39, 0.29) is 18.2 Å². The Labute approximate surface area is 136 Å². The molecule has 0 spiro atoms. The number of carbonyl (C=O) groups excluding carboxylic acids is 3. The van der Waals surface area contributed by atoms with Gasteiger partial charge in [0.15, 0.2) is 5.78 Å². The number of Topliss-reactive ketones (excluding diaryl/α,β-unsaturated/α-hetero) is 1. The number of amides is 3. The molecule has 0 aromatic heterocycles. The zero-order valence-corrected chi connectivity index (χ0v) is 13.8. The molecule has 1 unspecified atom stereocenters. The molecule has 1 saturated heterocycles. The predicted molar refractivity (Wildman–Crippen MR) is 88.0 cm³/mol. The molecule has 1 atom stereocenters. The third kappa shape index (κ3) is 3.50. The first kappa shape index (κ1) is 16.9. The molecule has 1 aromatic carbocycles. The number of ketones is 1. The van der Waals surface area contributed by atoms with Crippen molar-refractivity contribution in [3.8, 4) is 0 Å². The number of allylic oxidation sites excluding steroid dienone is 2. The van der Waals surface area contributed by atoms with Gasteiger partial charge in [0.25, 0.3) is 0 Å². The van der Waals surface area contributed by atoms with Crippen LogP contribution in [-0.4, -0.2) is 47.7 Å². The van der Waals surface area contributed by atoms with Crippen molar-refractivity contribution in [2.24, 2.45) is 5.41 Å². The Morgan fingerprint density at radius 3 is 2.52 bits per heavy atom. The second-order valence-corrected chi connectivity index (χ2v) is 6.15. The summed E-state index contributed by atoms with van der Waals surface area (Å²) in [5.74, 6) is -0.529. The largest absolute Gasteiger partial charge is 0.326 e. The van der Waals surface area contributed by atoms with E-state index in [0.717, 1.165) is 4.90 Å². The van der Waals surface area contributed by atoms with Crippen LogP contribution in [0.3, 0.4) is 0 Å². The van der Waals surface area contributed by atoms with Crippen LogP contribution in [0.1, 0.15) is 30.6 Å². The fourth-order valence-corrected chi connectivity index (χ4v) is 2.81. The maximum atomic E-state index is 12.8. The summed E-state index contributed by atoms with van der Waals surface area (Å²) in [6.45, 7) is 3.85. The predicted octanol–water partition coefficient (Wildman–Crippen LogP) is 2.74. The smallest absolute Gasteiger partial charge is 0.326 e. The number of imide groups is 1. The van der Waals surface area contributed by atoms with Gasteiger partial charge in [0.2, 0.25) is 5.91 Å². The van der Waals surface area contributed by atoms with Crippen molar-refractivity contribution < 1.29 is 14.4 Å². The zero-order valence-electron chi connectivity index (χ0n) is 13.8. The summed E-state index contributed by atoms with van der Waals surface area (Å²) < 4.78 is 0. The van der Waals surface area contributed by atoms with E-state index < -0.39 is 11.4 Å². The number of urea groups is 1. The van der Waals surface area contributed by atoms with Gasteiger partial charge in [-0.3, -0.25) is 14.5 Å². The van der Waals surface area contributed by atoms with Crippen LogP contribution in [0.25, 0.3) is 0 Å². The lowest BCUT2D eigenvalue weighted by molar-refractivity contribution is -0.141. The van der Waals surface area contributed by atoms with Crippen LogP contribution in [0.2, 0.25) is 0 Å². The highest BCUT2D eigenvalue weighted by atomic mass is 16.2. The van der Waals surface area contributed by atoms with Crippen LogP contribution in [-0.2, 0) is 4.79 Å². The molecule has 2 rings (SSSR count). The van der Waals surface area contributed by atoms with Crippen LogP contribution in [0.15, 0.2) is 42.5 Å². The minimum absolute atomic E-state index is 0.225. The molecule has 3 amide bonds. The molecule has 0 saturated carbocycles. The van der Waals surface area contributed by atoms with Crippen molar-refractivity contribution in [3.63, 3.8) is 0 Å². The lowest BCUT2D eigenvalue weighted by atomic mass is 9.82. The molecule has 23 heavy (non-hydrogen) atoms. The van der Waals surface area contributed by atoms with Gasteiger partial charge in [0.1, 0.15) is 0 Å². The fourth-order valence-electron chi connectivity index (χ4n) is 2.81. The van der Waals surface area contributed by atoms with E-state index in [2.05, 4.69) is 0 Å². The number of hydrogen-bond acceptors (Lipinski definition) is 3. The van der Waals surface area contributed by atoms with E-state index in [1.165, 1.54) is 4.90 Å². The summed E-state index contributed by atoms with van der Waals surface area (Å²) in [5, 5.41) is 0. The fraction of sp³-hybridized carbons (Fsp3) is 0.389. The Balaban J connectivity index is 2.23. The molecule has 0 aliphatic carbocycles. The molecule has 1 aromatic rings. The number of carbonyl (C=O) groups is 3. The summed E-state index contributed by atoms with van der Waals surface area (Å²) >= 11 is 0. The number of rotatable bonds is 5. The average molecular weight is 314 g/mol. The van der Waals surface area contributed by atoms with Crippen LogP contribution in [0, 0.1) is 5.41 Å². The molecule has 0 radical (unpaired) electrons. The minimum atomic E-state index is -0.702. The van der Waals surface area contributed by atoms with E-state index in [0.29, 0.717) is 18.5 Å². The molecular weight excluding hydrogens is 292 g/mol. The molecule has 0 N–H and O–H groups in total. The topological polar surface area (TPSA) is 57.7 Å². The molecule has 1 fully saturated rings. The molecule has 1 heterocycles. The molecule has 1 aliphatic heterocycles. The molecule has 0 bridgehead atoms. The Morgan fingerprint density at radius 1 is 1.26 bits per heavy atom. The first-order valence-electron chi connectivity index (χ1n) is 7.65. The van der Waals surface area contributed by atoms with Gasteiger partial charge in [-0.25, -0.2) is 4.79 Å². The minimum Gasteiger partial charge on any atom is -0.326 e. The highest BCUT2D eigenvalue weighted by Crippen LogP contribution is 2.31. The van der Waals surface area contributed by atoms with Gasteiger partial charge < -0.3 is 4.90 Å². The van der Waals surface area contributed by atoms with Gasteiger partial charge in [-0.05, 0) is 20.3 Å². The van der Waals surface area contributed by atoms with Crippen molar-refractivity contribution in [2.75, 3.05) is 20.1 Å². The molecule has 1 aliphatic rings. The summed E-state index contributed by atoms with van der Waals surface area (Å²) in [5.41, 5.74) is -0.206. The Kier molecular flexibility index (Phi) is 4.98. The third-order valence-electron chi connectivity index (χ3n) is 4.11. The third-order valence-corrected chi connectivity index (χ3v) is 4.11. The normalized spacial score (nSPS) is 22.0. The van der Waals surface area contributed by atoms with Crippen molar-refractivity contribution in [1.29, 1.82) is 0 Å². The van der Waals surface area contributed by atoms with Gasteiger partial charge >= 0.3 is 6.03 Å². The van der Waals surface area contributed by atoms with Gasteiger partial charge in [-0.15, -0.1) is 0 Å². The lowest BCUT2D eigenvalue weighted by Crippen LogP contribution is -2.60. The summed E-state index contributed by atoms with van der Waals surface area (Å²) in [7, 11) is 1.66. The maximum absolute atomic E-state index is 12.8. The van der Waals surface area contributed by atoms with E-state index in [9.17, 15) is 14.4 Å². The molecule has 122 valence electrons. The van der Waals surface area contributed by atoms with Crippen molar-refractivity contribution in [1.82, 2.24) is 9.80 Å².